The number of amides is 1. The minimum Gasteiger partial charge on any atom is -0.483 e. The Hall–Kier alpha value is -1.55. The summed E-state index contributed by atoms with van der Waals surface area (Å²) in [6, 6.07) is 5.89. The van der Waals surface area contributed by atoms with E-state index >= 15 is 0 Å². The van der Waals surface area contributed by atoms with Gasteiger partial charge in [0.05, 0.1) is 6.61 Å². The van der Waals surface area contributed by atoms with Crippen molar-refractivity contribution in [3.05, 3.63) is 29.3 Å². The zero-order chi connectivity index (χ0) is 13.5. The van der Waals surface area contributed by atoms with E-state index in [0.717, 1.165) is 16.9 Å². The maximum atomic E-state index is 11.4. The molecule has 100 valence electrons. The lowest BCUT2D eigenvalue weighted by molar-refractivity contribution is -0.136. The van der Waals surface area contributed by atoms with Crippen molar-refractivity contribution < 1.29 is 14.4 Å². The predicted octanol–water partition coefficient (Wildman–Crippen LogP) is 2.39. The molecule has 0 aliphatic rings. The lowest BCUT2D eigenvalue weighted by Crippen LogP contribution is -2.30. The van der Waals surface area contributed by atoms with E-state index in [1.165, 1.54) is 0 Å². The number of ether oxygens (including phenoxy) is 1. The third-order valence-corrected chi connectivity index (χ3v) is 2.31. The van der Waals surface area contributed by atoms with E-state index in [4.69, 9.17) is 9.57 Å². The summed E-state index contributed by atoms with van der Waals surface area (Å²) in [6.07, 6.45) is 0. The van der Waals surface area contributed by atoms with Crippen molar-refractivity contribution >= 4 is 5.91 Å². The highest BCUT2D eigenvalue weighted by Crippen LogP contribution is 2.18. The molecule has 0 aromatic heterocycles. The van der Waals surface area contributed by atoms with Crippen LogP contribution in [0.15, 0.2) is 18.2 Å². The molecule has 1 aromatic carbocycles. The van der Waals surface area contributed by atoms with Gasteiger partial charge in [0.15, 0.2) is 6.61 Å². The van der Waals surface area contributed by atoms with Gasteiger partial charge in [-0.15, -0.1) is 0 Å². The number of aryl methyl sites for hydroxylation is 2. The average molecular weight is 251 g/mol. The van der Waals surface area contributed by atoms with Crippen LogP contribution in [0.4, 0.5) is 0 Å². The topological polar surface area (TPSA) is 47.6 Å². The molecule has 0 bridgehead atoms. The SMILES string of the molecule is Cc1ccc(C)c(OCC(=O)NOCC(C)C)c1. The van der Waals surface area contributed by atoms with Gasteiger partial charge < -0.3 is 4.74 Å². The van der Waals surface area contributed by atoms with Crippen molar-refractivity contribution in [2.75, 3.05) is 13.2 Å². The van der Waals surface area contributed by atoms with Crippen LogP contribution in [0.25, 0.3) is 0 Å². The predicted molar refractivity (Wildman–Crippen MR) is 70.3 cm³/mol. The van der Waals surface area contributed by atoms with E-state index in [1.54, 1.807) is 0 Å². The Kier molecular flexibility index (Phi) is 5.65. The van der Waals surface area contributed by atoms with E-state index in [-0.39, 0.29) is 12.5 Å². The van der Waals surface area contributed by atoms with Crippen molar-refractivity contribution in [2.24, 2.45) is 5.92 Å². The zero-order valence-electron chi connectivity index (χ0n) is 11.4. The van der Waals surface area contributed by atoms with E-state index in [2.05, 4.69) is 5.48 Å². The molecule has 1 rings (SSSR count). The van der Waals surface area contributed by atoms with Gasteiger partial charge in [-0.2, -0.15) is 0 Å². The maximum absolute atomic E-state index is 11.4. The van der Waals surface area contributed by atoms with Crippen LogP contribution in [0.3, 0.4) is 0 Å². The Bertz CT molecular complexity index is 402. The lowest BCUT2D eigenvalue weighted by Gasteiger charge is -2.11. The Balaban J connectivity index is 2.36. The van der Waals surface area contributed by atoms with Gasteiger partial charge in [-0.1, -0.05) is 26.0 Å². The Labute approximate surface area is 108 Å². The van der Waals surface area contributed by atoms with Gasteiger partial charge in [0.2, 0.25) is 0 Å². The normalized spacial score (nSPS) is 10.5. The molecular weight excluding hydrogens is 230 g/mol. The summed E-state index contributed by atoms with van der Waals surface area (Å²) in [5, 5.41) is 0. The molecule has 0 aliphatic heterocycles. The molecule has 1 N–H and O–H groups in total. The first-order chi connectivity index (χ1) is 8.49. The van der Waals surface area contributed by atoms with Crippen molar-refractivity contribution in [3.63, 3.8) is 0 Å². The standard InChI is InChI=1S/C14H21NO3/c1-10(2)8-18-15-14(16)9-17-13-7-11(3)5-6-12(13)4/h5-7,10H,8-9H2,1-4H3,(H,15,16). The quantitative estimate of drug-likeness (QED) is 0.790. The molecule has 0 radical (unpaired) electrons. The minimum atomic E-state index is -0.281. The fourth-order valence-electron chi connectivity index (χ4n) is 1.32. The first kappa shape index (κ1) is 14.5. The monoisotopic (exact) mass is 251 g/mol. The van der Waals surface area contributed by atoms with Crippen LogP contribution in [-0.4, -0.2) is 19.1 Å². The van der Waals surface area contributed by atoms with Gasteiger partial charge >= 0.3 is 0 Å². The highest BCUT2D eigenvalue weighted by molar-refractivity contribution is 5.76. The second kappa shape index (κ2) is 7.01. The molecule has 0 saturated heterocycles. The summed E-state index contributed by atoms with van der Waals surface area (Å²) >= 11 is 0. The largest absolute Gasteiger partial charge is 0.483 e. The zero-order valence-corrected chi connectivity index (χ0v) is 11.4. The lowest BCUT2D eigenvalue weighted by atomic mass is 10.1. The van der Waals surface area contributed by atoms with E-state index in [9.17, 15) is 4.79 Å². The maximum Gasteiger partial charge on any atom is 0.281 e. The summed E-state index contributed by atoms with van der Waals surface area (Å²) in [6.45, 7) is 8.41. The van der Waals surface area contributed by atoms with Gasteiger partial charge in [-0.05, 0) is 37.0 Å². The van der Waals surface area contributed by atoms with Crippen LogP contribution in [0.2, 0.25) is 0 Å². The van der Waals surface area contributed by atoms with Crippen LogP contribution >= 0.6 is 0 Å². The number of benzene rings is 1. The summed E-state index contributed by atoms with van der Waals surface area (Å²) in [5.41, 5.74) is 4.47. The molecular formula is C14H21NO3. The van der Waals surface area contributed by atoms with Gasteiger partial charge in [0, 0.05) is 0 Å². The highest BCUT2D eigenvalue weighted by atomic mass is 16.7. The van der Waals surface area contributed by atoms with Crippen LogP contribution < -0.4 is 10.2 Å². The highest BCUT2D eigenvalue weighted by Gasteiger charge is 2.05. The van der Waals surface area contributed by atoms with Crippen molar-refractivity contribution in [3.8, 4) is 5.75 Å². The molecule has 1 amide bonds. The molecule has 0 heterocycles. The van der Waals surface area contributed by atoms with Gasteiger partial charge in [0.1, 0.15) is 5.75 Å². The fourth-order valence-corrected chi connectivity index (χ4v) is 1.32. The fraction of sp³-hybridized carbons (Fsp3) is 0.500. The van der Waals surface area contributed by atoms with E-state index in [1.807, 2.05) is 45.9 Å². The average Bonchev–Trinajstić information content (AvgIpc) is 2.30. The van der Waals surface area contributed by atoms with Crippen LogP contribution in [0, 0.1) is 19.8 Å². The van der Waals surface area contributed by atoms with Gasteiger partial charge in [-0.25, -0.2) is 5.48 Å². The van der Waals surface area contributed by atoms with Gasteiger partial charge in [-0.3, -0.25) is 9.63 Å². The van der Waals surface area contributed by atoms with Gasteiger partial charge in [0.25, 0.3) is 5.91 Å². The summed E-state index contributed by atoms with van der Waals surface area (Å²) in [7, 11) is 0. The number of rotatable bonds is 6. The van der Waals surface area contributed by atoms with Crippen molar-refractivity contribution in [1.29, 1.82) is 0 Å². The molecule has 0 spiro atoms. The third-order valence-electron chi connectivity index (χ3n) is 2.31. The first-order valence-electron chi connectivity index (χ1n) is 6.09. The molecule has 1 aromatic rings. The van der Waals surface area contributed by atoms with Crippen molar-refractivity contribution in [2.45, 2.75) is 27.7 Å². The smallest absolute Gasteiger partial charge is 0.281 e. The Morgan fingerprint density at radius 2 is 2.06 bits per heavy atom. The molecule has 4 nitrogen and oxygen atoms in total. The number of hydroxylamine groups is 1. The Morgan fingerprint density at radius 3 is 2.72 bits per heavy atom. The van der Waals surface area contributed by atoms with Crippen LogP contribution in [0.1, 0.15) is 25.0 Å². The molecule has 4 heteroatoms. The number of carbonyl (C=O) groups excluding carboxylic acids is 1. The molecule has 0 fully saturated rings. The molecule has 0 saturated carbocycles. The summed E-state index contributed by atoms with van der Waals surface area (Å²) in [4.78, 5) is 16.5. The van der Waals surface area contributed by atoms with E-state index < -0.39 is 0 Å². The summed E-state index contributed by atoms with van der Waals surface area (Å²) < 4.78 is 5.44. The third kappa shape index (κ3) is 5.19. The number of nitrogens with one attached hydrogen (secondary N) is 1. The number of carbonyl (C=O) groups is 1. The van der Waals surface area contributed by atoms with Crippen LogP contribution in [-0.2, 0) is 9.63 Å². The summed E-state index contributed by atoms with van der Waals surface area (Å²) in [5.74, 6) is 0.829. The van der Waals surface area contributed by atoms with Crippen molar-refractivity contribution in [1.82, 2.24) is 5.48 Å². The van der Waals surface area contributed by atoms with Crippen LogP contribution in [0.5, 0.6) is 5.75 Å². The first-order valence-corrected chi connectivity index (χ1v) is 6.09. The second-order valence-corrected chi connectivity index (χ2v) is 4.79. The second-order valence-electron chi connectivity index (χ2n) is 4.79. The molecule has 0 atom stereocenters. The molecule has 18 heavy (non-hydrogen) atoms. The number of hydrogen-bond acceptors (Lipinski definition) is 3. The number of hydrogen-bond donors (Lipinski definition) is 1. The molecule has 0 unspecified atom stereocenters. The Morgan fingerprint density at radius 1 is 1.33 bits per heavy atom. The molecule has 0 aliphatic carbocycles. The van der Waals surface area contributed by atoms with E-state index in [0.29, 0.717) is 12.5 Å². The minimum absolute atomic E-state index is 0.0393.